The Kier molecular flexibility index (Phi) is 8.67. The van der Waals surface area contributed by atoms with Crippen LogP contribution < -0.4 is 9.64 Å². The quantitative estimate of drug-likeness (QED) is 0.335. The summed E-state index contributed by atoms with van der Waals surface area (Å²) in [4.78, 5) is 34.5. The normalized spacial score (nSPS) is 11.0. The summed E-state index contributed by atoms with van der Waals surface area (Å²) in [6, 6.07) is 7.51. The summed E-state index contributed by atoms with van der Waals surface area (Å²) in [5.41, 5.74) is 1.21. The minimum atomic E-state index is -0.588. The molecule has 0 bridgehead atoms. The average molecular weight is 448 g/mol. The number of hydrogen-bond acceptors (Lipinski definition) is 8. The summed E-state index contributed by atoms with van der Waals surface area (Å²) in [6.45, 7) is 7.69. The maximum absolute atomic E-state index is 12.5. The van der Waals surface area contributed by atoms with Crippen LogP contribution in [-0.4, -0.2) is 54.1 Å². The van der Waals surface area contributed by atoms with Crippen LogP contribution in [0, 0.1) is 0 Å². The zero-order chi connectivity index (χ0) is 23.0. The van der Waals surface area contributed by atoms with E-state index in [4.69, 9.17) is 14.2 Å². The molecule has 0 saturated carbocycles. The summed E-state index contributed by atoms with van der Waals surface area (Å²) < 4.78 is 16.3. The second kappa shape index (κ2) is 11.0. The largest absolute Gasteiger partial charge is 0.477 e. The van der Waals surface area contributed by atoms with Crippen LogP contribution in [0.15, 0.2) is 35.6 Å². The lowest BCUT2D eigenvalue weighted by atomic mass is 10.1. The first kappa shape index (κ1) is 24.5. The first-order valence-electron chi connectivity index (χ1n) is 9.91. The van der Waals surface area contributed by atoms with E-state index in [0.717, 1.165) is 11.3 Å². The van der Waals surface area contributed by atoms with Crippen LogP contribution in [0.3, 0.4) is 0 Å². The van der Waals surface area contributed by atoms with E-state index in [1.165, 1.54) is 22.9 Å². The standard InChI is InChI=1S/C22H29N3O5S/c1-7-28-19(26)16-14-23-20(31-6)24-18(16)29-13-12-15-10-8-9-11-17(15)25(5)21(27)30-22(2,3)4/h8-11,14H,7,12-13H2,1-6H3. The molecule has 9 heteroatoms. The number of rotatable bonds is 8. The summed E-state index contributed by atoms with van der Waals surface area (Å²) in [7, 11) is 1.67. The highest BCUT2D eigenvalue weighted by Gasteiger charge is 2.22. The van der Waals surface area contributed by atoms with Crippen molar-refractivity contribution in [2.24, 2.45) is 0 Å². The summed E-state index contributed by atoms with van der Waals surface area (Å²) >= 11 is 1.35. The third kappa shape index (κ3) is 7.13. The van der Waals surface area contributed by atoms with Gasteiger partial charge in [0.15, 0.2) is 5.16 Å². The van der Waals surface area contributed by atoms with Crippen LogP contribution in [0.1, 0.15) is 43.6 Å². The second-order valence-corrected chi connectivity index (χ2v) is 8.34. The Bertz CT molecular complexity index is 914. The lowest BCUT2D eigenvalue weighted by Gasteiger charge is -2.26. The first-order chi connectivity index (χ1) is 14.7. The Hall–Kier alpha value is -2.81. The molecule has 0 spiro atoms. The van der Waals surface area contributed by atoms with Gasteiger partial charge >= 0.3 is 12.1 Å². The van der Waals surface area contributed by atoms with E-state index in [-0.39, 0.29) is 24.7 Å². The molecule has 1 aromatic carbocycles. The summed E-state index contributed by atoms with van der Waals surface area (Å²) in [5.74, 6) is -0.356. The number of para-hydroxylation sites is 1. The van der Waals surface area contributed by atoms with Gasteiger partial charge in [0.2, 0.25) is 5.88 Å². The fourth-order valence-corrected chi connectivity index (χ4v) is 2.98. The van der Waals surface area contributed by atoms with Crippen molar-refractivity contribution in [3.05, 3.63) is 41.6 Å². The van der Waals surface area contributed by atoms with Crippen LogP contribution in [0.5, 0.6) is 5.88 Å². The molecule has 0 aliphatic heterocycles. The number of amides is 1. The molecule has 0 radical (unpaired) electrons. The highest BCUT2D eigenvalue weighted by Crippen LogP contribution is 2.24. The van der Waals surface area contributed by atoms with Crippen LogP contribution in [0.4, 0.5) is 10.5 Å². The summed E-state index contributed by atoms with van der Waals surface area (Å²) in [5, 5.41) is 0.494. The fourth-order valence-electron chi connectivity index (χ4n) is 2.64. The van der Waals surface area contributed by atoms with Crippen LogP contribution in [-0.2, 0) is 15.9 Å². The van der Waals surface area contributed by atoms with Crippen molar-refractivity contribution in [1.29, 1.82) is 0 Å². The van der Waals surface area contributed by atoms with E-state index in [1.807, 2.05) is 51.3 Å². The van der Waals surface area contributed by atoms with Gasteiger partial charge in [0.1, 0.15) is 11.2 Å². The highest BCUT2D eigenvalue weighted by molar-refractivity contribution is 7.98. The van der Waals surface area contributed by atoms with Crippen molar-refractivity contribution in [2.45, 2.75) is 44.9 Å². The lowest BCUT2D eigenvalue weighted by molar-refractivity contribution is 0.0518. The van der Waals surface area contributed by atoms with E-state index in [9.17, 15) is 9.59 Å². The number of aromatic nitrogens is 2. The van der Waals surface area contributed by atoms with Crippen molar-refractivity contribution in [1.82, 2.24) is 9.97 Å². The van der Waals surface area contributed by atoms with Crippen LogP contribution >= 0.6 is 11.8 Å². The number of thioether (sulfide) groups is 1. The third-order valence-electron chi connectivity index (χ3n) is 4.04. The van der Waals surface area contributed by atoms with Gasteiger partial charge in [-0.1, -0.05) is 30.0 Å². The molecule has 0 atom stereocenters. The van der Waals surface area contributed by atoms with Crippen molar-refractivity contribution >= 4 is 29.5 Å². The number of esters is 1. The molecule has 2 aromatic rings. The predicted octanol–water partition coefficient (Wildman–Crippen LogP) is 4.37. The van der Waals surface area contributed by atoms with Gasteiger partial charge in [-0.3, -0.25) is 4.90 Å². The Morgan fingerprint density at radius 3 is 2.55 bits per heavy atom. The fraction of sp³-hybridized carbons (Fsp3) is 0.455. The predicted molar refractivity (Wildman–Crippen MR) is 120 cm³/mol. The minimum absolute atomic E-state index is 0.177. The van der Waals surface area contributed by atoms with Gasteiger partial charge in [-0.25, -0.2) is 14.6 Å². The number of carbonyl (C=O) groups is 2. The van der Waals surface area contributed by atoms with E-state index in [0.29, 0.717) is 11.6 Å². The van der Waals surface area contributed by atoms with Gasteiger partial charge < -0.3 is 14.2 Å². The molecule has 1 aromatic heterocycles. The van der Waals surface area contributed by atoms with Gasteiger partial charge in [-0.05, 0) is 45.6 Å². The zero-order valence-corrected chi connectivity index (χ0v) is 19.6. The Balaban J connectivity index is 2.15. The maximum Gasteiger partial charge on any atom is 0.414 e. The van der Waals surface area contributed by atoms with Gasteiger partial charge in [0.25, 0.3) is 0 Å². The van der Waals surface area contributed by atoms with Gasteiger partial charge in [0.05, 0.1) is 18.9 Å². The number of nitrogens with zero attached hydrogens (tertiary/aromatic N) is 3. The highest BCUT2D eigenvalue weighted by atomic mass is 32.2. The molecule has 0 fully saturated rings. The smallest absolute Gasteiger partial charge is 0.414 e. The Morgan fingerprint density at radius 1 is 1.19 bits per heavy atom. The molecule has 8 nitrogen and oxygen atoms in total. The molecule has 1 amide bonds. The van der Waals surface area contributed by atoms with Crippen LogP contribution in [0.25, 0.3) is 0 Å². The number of benzene rings is 1. The monoisotopic (exact) mass is 447 g/mol. The molecule has 0 aliphatic carbocycles. The molecular weight excluding hydrogens is 418 g/mol. The van der Waals surface area contributed by atoms with E-state index < -0.39 is 17.7 Å². The molecule has 168 valence electrons. The molecule has 2 rings (SSSR count). The van der Waals surface area contributed by atoms with Gasteiger partial charge in [-0.2, -0.15) is 4.98 Å². The van der Waals surface area contributed by atoms with Crippen LogP contribution in [0.2, 0.25) is 0 Å². The van der Waals surface area contributed by atoms with Crippen molar-refractivity contribution in [2.75, 3.05) is 31.4 Å². The molecule has 0 aliphatic rings. The second-order valence-electron chi connectivity index (χ2n) is 7.56. The van der Waals surface area contributed by atoms with Crippen molar-refractivity contribution < 1.29 is 23.8 Å². The molecule has 31 heavy (non-hydrogen) atoms. The van der Waals surface area contributed by atoms with Crippen molar-refractivity contribution in [3.63, 3.8) is 0 Å². The molecule has 0 N–H and O–H groups in total. The molecular formula is C22H29N3O5S. The van der Waals surface area contributed by atoms with Gasteiger partial charge in [0, 0.05) is 19.7 Å². The number of carbonyl (C=O) groups excluding carboxylic acids is 2. The average Bonchev–Trinajstić information content (AvgIpc) is 2.72. The summed E-state index contributed by atoms with van der Waals surface area (Å²) in [6.07, 6.45) is 3.30. The maximum atomic E-state index is 12.5. The van der Waals surface area contributed by atoms with Gasteiger partial charge in [-0.15, -0.1) is 0 Å². The third-order valence-corrected chi connectivity index (χ3v) is 4.60. The van der Waals surface area contributed by atoms with E-state index >= 15 is 0 Å². The number of anilines is 1. The first-order valence-corrected chi connectivity index (χ1v) is 11.1. The zero-order valence-electron chi connectivity index (χ0n) is 18.8. The number of hydrogen-bond donors (Lipinski definition) is 0. The Morgan fingerprint density at radius 2 is 1.90 bits per heavy atom. The van der Waals surface area contributed by atoms with E-state index in [2.05, 4.69) is 9.97 Å². The van der Waals surface area contributed by atoms with Crippen molar-refractivity contribution in [3.8, 4) is 5.88 Å². The SMILES string of the molecule is CCOC(=O)c1cnc(SC)nc1OCCc1ccccc1N(C)C(=O)OC(C)(C)C. The lowest BCUT2D eigenvalue weighted by Crippen LogP contribution is -2.34. The topological polar surface area (TPSA) is 90.9 Å². The minimum Gasteiger partial charge on any atom is -0.477 e. The van der Waals surface area contributed by atoms with E-state index in [1.54, 1.807) is 14.0 Å². The molecule has 0 unspecified atom stereocenters. The molecule has 1 heterocycles. The molecule has 0 saturated heterocycles. The Labute approximate surface area is 187 Å². The number of ether oxygens (including phenoxy) is 3.